The largest absolute Gasteiger partial charge is 0.437 e. The second-order valence-corrected chi connectivity index (χ2v) is 12.0. The fraction of sp³-hybridized carbons (Fsp3) is 0.269. The van der Waals surface area contributed by atoms with Gasteiger partial charge in [0.1, 0.15) is 16.3 Å². The zero-order valence-electron chi connectivity index (χ0n) is 21.3. The van der Waals surface area contributed by atoms with Crippen LogP contribution in [0.4, 0.5) is 27.4 Å². The molecule has 2 N–H and O–H groups in total. The number of ether oxygens (including phenoxy) is 1. The summed E-state index contributed by atoms with van der Waals surface area (Å²) in [5, 5.41) is 7.66. The van der Waals surface area contributed by atoms with Crippen LogP contribution in [0.15, 0.2) is 53.9 Å². The predicted molar refractivity (Wildman–Crippen MR) is 151 cm³/mol. The van der Waals surface area contributed by atoms with E-state index in [4.69, 9.17) is 4.74 Å². The van der Waals surface area contributed by atoms with Crippen LogP contribution in [0.2, 0.25) is 0 Å². The molecule has 0 spiro atoms. The number of carbonyl (C=O) groups excluding carboxylic acids is 1. The summed E-state index contributed by atoms with van der Waals surface area (Å²) in [4.78, 5) is 22.3. The molecule has 0 saturated carbocycles. The van der Waals surface area contributed by atoms with Crippen molar-refractivity contribution in [3.63, 3.8) is 0 Å². The van der Waals surface area contributed by atoms with Crippen molar-refractivity contribution in [2.75, 3.05) is 47.5 Å². The summed E-state index contributed by atoms with van der Waals surface area (Å²) in [7, 11) is -3.26. The van der Waals surface area contributed by atoms with Gasteiger partial charge in [0, 0.05) is 50.5 Å². The molecular formula is C26H27FN6O4S2. The molecule has 39 heavy (non-hydrogen) atoms. The third-order valence-electron chi connectivity index (χ3n) is 6.18. The van der Waals surface area contributed by atoms with E-state index < -0.39 is 15.8 Å². The number of amides is 1. The standard InChI is InChI=1S/C26H27FN6O4S2/c1-3-39(35,36)33-12-10-32(11-13-33)23-8-7-19(16-21(23)27)29-26-30-22-9-14-38-24(22)25(31-26)37-20-6-4-5-18(15-20)28-17(2)34/h4-9,14-16H,3,10-13H2,1-2H3,(H,28,34)(H,29,30,31). The fourth-order valence-corrected chi connectivity index (χ4v) is 6.11. The molecule has 10 nitrogen and oxygen atoms in total. The summed E-state index contributed by atoms with van der Waals surface area (Å²) in [6, 6.07) is 13.6. The Morgan fingerprint density at radius 3 is 2.59 bits per heavy atom. The second kappa shape index (κ2) is 11.1. The number of nitrogens with zero attached hydrogens (tertiary/aromatic N) is 4. The van der Waals surface area contributed by atoms with Crippen LogP contribution >= 0.6 is 11.3 Å². The number of thiophene rings is 1. The van der Waals surface area contributed by atoms with Crippen LogP contribution in [0.5, 0.6) is 11.6 Å². The summed E-state index contributed by atoms with van der Waals surface area (Å²) in [6.07, 6.45) is 0. The van der Waals surface area contributed by atoms with Gasteiger partial charge in [-0.1, -0.05) is 6.07 Å². The Balaban J connectivity index is 1.33. The monoisotopic (exact) mass is 570 g/mol. The van der Waals surface area contributed by atoms with E-state index in [1.807, 2.05) is 16.3 Å². The number of nitrogens with one attached hydrogen (secondary N) is 2. The van der Waals surface area contributed by atoms with Crippen molar-refractivity contribution in [1.29, 1.82) is 0 Å². The summed E-state index contributed by atoms with van der Waals surface area (Å²) < 4.78 is 47.6. The Morgan fingerprint density at radius 2 is 1.87 bits per heavy atom. The van der Waals surface area contributed by atoms with E-state index >= 15 is 4.39 Å². The van der Waals surface area contributed by atoms with Crippen LogP contribution in [0.3, 0.4) is 0 Å². The van der Waals surface area contributed by atoms with Crippen molar-refractivity contribution in [3.8, 4) is 11.6 Å². The van der Waals surface area contributed by atoms with E-state index in [-0.39, 0.29) is 17.6 Å². The zero-order chi connectivity index (χ0) is 27.6. The molecule has 1 amide bonds. The number of carbonyl (C=O) groups is 1. The highest BCUT2D eigenvalue weighted by Crippen LogP contribution is 2.34. The van der Waals surface area contributed by atoms with Gasteiger partial charge < -0.3 is 20.3 Å². The van der Waals surface area contributed by atoms with Crippen molar-refractivity contribution < 1.29 is 22.3 Å². The minimum absolute atomic E-state index is 0.0528. The van der Waals surface area contributed by atoms with E-state index in [0.717, 1.165) is 4.70 Å². The highest BCUT2D eigenvalue weighted by Gasteiger charge is 2.26. The lowest BCUT2D eigenvalue weighted by Gasteiger charge is -2.35. The molecule has 0 radical (unpaired) electrons. The maximum absolute atomic E-state index is 15.1. The number of hydrogen-bond donors (Lipinski definition) is 2. The molecule has 0 bridgehead atoms. The third kappa shape index (κ3) is 6.10. The second-order valence-electron chi connectivity index (χ2n) is 8.88. The Kier molecular flexibility index (Phi) is 7.64. The van der Waals surface area contributed by atoms with E-state index in [0.29, 0.717) is 60.4 Å². The van der Waals surface area contributed by atoms with Gasteiger partial charge in [-0.25, -0.2) is 17.8 Å². The van der Waals surface area contributed by atoms with Gasteiger partial charge in [0.15, 0.2) is 0 Å². The molecule has 5 rings (SSSR count). The molecule has 2 aromatic heterocycles. The minimum atomic E-state index is -3.26. The average Bonchev–Trinajstić information content (AvgIpc) is 3.38. The molecule has 1 fully saturated rings. The minimum Gasteiger partial charge on any atom is -0.437 e. The molecule has 4 aromatic rings. The SMILES string of the molecule is CCS(=O)(=O)N1CCN(c2ccc(Nc3nc(Oc4cccc(NC(C)=O)c4)c4sccc4n3)cc2F)CC1. The molecule has 1 saturated heterocycles. The number of piperazine rings is 1. The first-order valence-electron chi connectivity index (χ1n) is 12.3. The first-order chi connectivity index (χ1) is 18.7. The van der Waals surface area contributed by atoms with Gasteiger partial charge in [0.25, 0.3) is 0 Å². The lowest BCUT2D eigenvalue weighted by Crippen LogP contribution is -2.49. The number of aromatic nitrogens is 2. The van der Waals surface area contributed by atoms with Crippen LogP contribution in [0, 0.1) is 5.82 Å². The Bertz CT molecular complexity index is 1620. The number of benzene rings is 2. The Labute approximate surface area is 229 Å². The summed E-state index contributed by atoms with van der Waals surface area (Å²) in [5.74, 6) is 0.481. The molecule has 0 aliphatic carbocycles. The van der Waals surface area contributed by atoms with Gasteiger partial charge in [0.2, 0.25) is 27.8 Å². The van der Waals surface area contributed by atoms with Crippen LogP contribution in [-0.2, 0) is 14.8 Å². The number of anilines is 4. The third-order valence-corrected chi connectivity index (χ3v) is 8.96. The highest BCUT2D eigenvalue weighted by atomic mass is 32.2. The molecule has 2 aromatic carbocycles. The van der Waals surface area contributed by atoms with Gasteiger partial charge in [-0.15, -0.1) is 11.3 Å². The van der Waals surface area contributed by atoms with Crippen molar-refractivity contribution in [2.45, 2.75) is 13.8 Å². The van der Waals surface area contributed by atoms with Crippen molar-refractivity contribution in [1.82, 2.24) is 14.3 Å². The molecular weight excluding hydrogens is 543 g/mol. The summed E-state index contributed by atoms with van der Waals surface area (Å²) in [6.45, 7) is 4.50. The molecule has 0 atom stereocenters. The highest BCUT2D eigenvalue weighted by molar-refractivity contribution is 7.89. The van der Waals surface area contributed by atoms with Crippen LogP contribution in [-0.4, -0.2) is 60.5 Å². The molecule has 13 heteroatoms. The fourth-order valence-electron chi connectivity index (χ4n) is 4.27. The van der Waals surface area contributed by atoms with E-state index in [9.17, 15) is 13.2 Å². The maximum atomic E-state index is 15.1. The van der Waals surface area contributed by atoms with E-state index in [2.05, 4.69) is 20.6 Å². The Morgan fingerprint density at radius 1 is 1.08 bits per heavy atom. The van der Waals surface area contributed by atoms with E-state index in [1.54, 1.807) is 43.3 Å². The van der Waals surface area contributed by atoms with Crippen LogP contribution < -0.4 is 20.3 Å². The summed E-state index contributed by atoms with van der Waals surface area (Å²) >= 11 is 1.43. The van der Waals surface area contributed by atoms with Crippen molar-refractivity contribution in [2.24, 2.45) is 0 Å². The molecule has 1 aliphatic rings. The maximum Gasteiger partial charge on any atom is 0.242 e. The predicted octanol–water partition coefficient (Wildman–Crippen LogP) is 4.80. The molecule has 3 heterocycles. The Hall–Kier alpha value is -3.81. The number of halogens is 1. The normalized spacial score (nSPS) is 14.4. The van der Waals surface area contributed by atoms with Crippen molar-refractivity contribution >= 4 is 60.5 Å². The van der Waals surface area contributed by atoms with Gasteiger partial charge >= 0.3 is 0 Å². The van der Waals surface area contributed by atoms with Crippen LogP contribution in [0.25, 0.3) is 10.2 Å². The topological polar surface area (TPSA) is 117 Å². The quantitative estimate of drug-likeness (QED) is 0.311. The average molecular weight is 571 g/mol. The van der Waals surface area contributed by atoms with Gasteiger partial charge in [-0.05, 0) is 48.7 Å². The van der Waals surface area contributed by atoms with Crippen LogP contribution in [0.1, 0.15) is 13.8 Å². The lowest BCUT2D eigenvalue weighted by molar-refractivity contribution is -0.114. The molecule has 204 valence electrons. The molecule has 0 unspecified atom stereocenters. The zero-order valence-corrected chi connectivity index (χ0v) is 23.0. The van der Waals surface area contributed by atoms with E-state index in [1.165, 1.54) is 28.6 Å². The number of fused-ring (bicyclic) bond motifs is 1. The van der Waals surface area contributed by atoms with Gasteiger partial charge in [-0.2, -0.15) is 9.29 Å². The first-order valence-corrected chi connectivity index (χ1v) is 14.8. The number of sulfonamides is 1. The lowest BCUT2D eigenvalue weighted by atomic mass is 10.2. The first kappa shape index (κ1) is 26.8. The number of rotatable bonds is 8. The summed E-state index contributed by atoms with van der Waals surface area (Å²) in [5.41, 5.74) is 2.13. The molecule has 1 aliphatic heterocycles. The smallest absolute Gasteiger partial charge is 0.242 e. The van der Waals surface area contributed by atoms with Gasteiger partial charge in [0.05, 0.1) is 17.0 Å². The van der Waals surface area contributed by atoms with Gasteiger partial charge in [-0.3, -0.25) is 4.79 Å². The number of hydrogen-bond acceptors (Lipinski definition) is 9. The van der Waals surface area contributed by atoms with Crippen molar-refractivity contribution in [3.05, 3.63) is 59.7 Å².